The Morgan fingerprint density at radius 3 is 2.17 bits per heavy atom. The van der Waals surface area contributed by atoms with Crippen molar-refractivity contribution in [1.29, 1.82) is 0 Å². The summed E-state index contributed by atoms with van der Waals surface area (Å²) in [6, 6.07) is 13.6. The predicted octanol–water partition coefficient (Wildman–Crippen LogP) is 6.73. The molecule has 92 heavy (non-hydrogen) atoms. The molecule has 33 heteroatoms. The molecule has 492 valence electrons. The van der Waals surface area contributed by atoms with E-state index in [2.05, 4.69) is 46.3 Å². The Labute approximate surface area is 533 Å². The van der Waals surface area contributed by atoms with Crippen LogP contribution in [-0.4, -0.2) is 170 Å². The van der Waals surface area contributed by atoms with Gasteiger partial charge in [0.25, 0.3) is 46.4 Å². The summed E-state index contributed by atoms with van der Waals surface area (Å²) in [7, 11) is -13.2. The Morgan fingerprint density at radius 2 is 1.51 bits per heavy atom. The fourth-order valence-corrected chi connectivity index (χ4v) is 14.0. The van der Waals surface area contributed by atoms with E-state index in [0.29, 0.717) is 114 Å². The molecule has 9 rings (SSSR count). The minimum Gasteiger partial charge on any atom is -0.494 e. The number of likely N-dealkylation sites (tertiary alicyclic amines) is 1. The number of amides is 2. The minimum atomic E-state index is -4.68. The van der Waals surface area contributed by atoms with E-state index in [0.717, 1.165) is 0 Å². The number of unbranched alkanes of at least 4 members (excludes halogenated alkanes) is 2. The monoisotopic (exact) mass is 1350 g/mol. The normalized spacial score (nSPS) is 17.5. The number of piperidine rings is 1. The predicted molar refractivity (Wildman–Crippen MR) is 341 cm³/mol. The summed E-state index contributed by atoms with van der Waals surface area (Å²) in [6.07, 6.45) is 17.4. The van der Waals surface area contributed by atoms with Crippen molar-refractivity contribution in [2.45, 2.75) is 105 Å². The number of hydrogen-bond acceptors (Lipinski definition) is 20. The van der Waals surface area contributed by atoms with Gasteiger partial charge in [-0.1, -0.05) is 37.1 Å². The lowest BCUT2D eigenvalue weighted by Crippen LogP contribution is -2.39. The van der Waals surface area contributed by atoms with Gasteiger partial charge < -0.3 is 30.5 Å². The number of rotatable bonds is 27. The third-order valence-electron chi connectivity index (χ3n) is 16.5. The van der Waals surface area contributed by atoms with Gasteiger partial charge in [0, 0.05) is 87.3 Å². The number of benzene rings is 3. The molecule has 2 amide bonds. The molecule has 1 fully saturated rings. The highest BCUT2D eigenvalue weighted by Gasteiger charge is 2.46. The molecule has 0 radical (unpaired) electrons. The first-order chi connectivity index (χ1) is 43.4. The standard InChI is InChI=1S/C59H72N14O15S4/c1-58(2)44-34-41(91(82,83)84)21-23-47(44)71(28-14-32-89(76,77)78)49(58)18-9-7-10-19-50-59(3,45-35-42(92(85,86)87)22-24-48(45)72(50)29-15-33-90(79,80)81)27-12-8-11-20-51(74)70-30-25-40(26-31-70)73-37-39(36-62-73)63-57-65-55(52(66-67-57)56(75)60-4)64-46-17-13-16-43(53(46)88-6)54-61-38-69(5)68-54/h7,9-10,13,16-19,21-24,34-38,40H,8,11-12,14-15,20,25-33H2,1-6H3,(H6-,60,63,64,65,67,75,76,77,78,79,80,81,82,83,84,85,86,87)/p+1. The number of fused-ring (bicyclic) bond motifs is 2. The molecule has 6 aromatic rings. The quantitative estimate of drug-likeness (QED) is 0.0122. The third-order valence-corrected chi connectivity index (χ3v) is 19.8. The lowest BCUT2D eigenvalue weighted by Gasteiger charge is -2.32. The van der Waals surface area contributed by atoms with E-state index in [1.807, 2.05) is 39.8 Å². The highest BCUT2D eigenvalue weighted by molar-refractivity contribution is 7.86. The molecule has 6 heterocycles. The molecular formula is C59H73N14O15S4+. The summed E-state index contributed by atoms with van der Waals surface area (Å²) >= 11 is 0. The summed E-state index contributed by atoms with van der Waals surface area (Å²) in [4.78, 5) is 38.6. The van der Waals surface area contributed by atoms with Gasteiger partial charge in [-0.2, -0.15) is 53.4 Å². The average Bonchev–Trinajstić information content (AvgIpc) is 1.59. The SMILES string of the molecule is CNC(=O)c1nnc(Nc2cnn(C3CCN(C(=O)CCCCCC4(C)C(=CC=CC=CC5=[N+](CCCS(=O)(=O)O)c6ccc(S(=O)(=O)O)cc6C5(C)C)N(CCCS(=O)(=O)O)c5ccc(S(=O)(=O)O)cc54)CC3)c2)nc1Nc1cccc(-c2ncn(C)n2)c1OC. The van der Waals surface area contributed by atoms with Crippen LogP contribution in [0.5, 0.6) is 5.75 Å². The largest absolute Gasteiger partial charge is 0.494 e. The summed E-state index contributed by atoms with van der Waals surface area (Å²) in [5.41, 5.74) is 3.23. The van der Waals surface area contributed by atoms with Gasteiger partial charge in [-0.15, -0.1) is 10.2 Å². The van der Waals surface area contributed by atoms with Gasteiger partial charge in [0.15, 0.2) is 28.8 Å². The number of allylic oxidation sites excluding steroid dienone is 6. The lowest BCUT2D eigenvalue weighted by atomic mass is 9.77. The molecule has 3 aromatic carbocycles. The Morgan fingerprint density at radius 1 is 0.815 bits per heavy atom. The summed E-state index contributed by atoms with van der Waals surface area (Å²) in [5.74, 6) is -0.622. The van der Waals surface area contributed by atoms with E-state index in [9.17, 15) is 61.5 Å². The van der Waals surface area contributed by atoms with E-state index >= 15 is 0 Å². The van der Waals surface area contributed by atoms with Crippen LogP contribution < -0.4 is 25.6 Å². The zero-order valence-corrected chi connectivity index (χ0v) is 54.6. The highest BCUT2D eigenvalue weighted by atomic mass is 32.2. The highest BCUT2D eigenvalue weighted by Crippen LogP contribution is 2.52. The van der Waals surface area contributed by atoms with Crippen molar-refractivity contribution >= 4 is 92.5 Å². The van der Waals surface area contributed by atoms with Gasteiger partial charge >= 0.3 is 0 Å². The smallest absolute Gasteiger partial charge is 0.294 e. The van der Waals surface area contributed by atoms with Crippen molar-refractivity contribution in [3.05, 3.63) is 126 Å². The van der Waals surface area contributed by atoms with E-state index in [4.69, 9.17) is 4.74 Å². The van der Waals surface area contributed by atoms with Crippen molar-refractivity contribution < 1.29 is 70.8 Å². The van der Waals surface area contributed by atoms with Crippen molar-refractivity contribution in [2.24, 2.45) is 7.05 Å². The van der Waals surface area contributed by atoms with Crippen LogP contribution >= 0.6 is 0 Å². The summed E-state index contributed by atoms with van der Waals surface area (Å²) < 4.78 is 147. The fourth-order valence-electron chi connectivity index (χ4n) is 12.0. The first kappa shape index (κ1) is 68.1. The van der Waals surface area contributed by atoms with Crippen molar-refractivity contribution in [3.8, 4) is 17.1 Å². The van der Waals surface area contributed by atoms with E-state index < -0.39 is 68.7 Å². The van der Waals surface area contributed by atoms with Crippen LogP contribution in [0.3, 0.4) is 0 Å². The van der Waals surface area contributed by atoms with E-state index in [1.165, 1.54) is 44.5 Å². The topological polar surface area (TPSA) is 394 Å². The molecular weight excluding hydrogens is 1270 g/mol. The Bertz CT molecular complexity index is 4410. The Hall–Kier alpha value is -8.31. The molecule has 1 saturated heterocycles. The van der Waals surface area contributed by atoms with Crippen LogP contribution in [0.1, 0.15) is 106 Å². The Balaban J connectivity index is 0.857. The number of aryl methyl sites for hydroxylation is 1. The molecule has 3 aliphatic rings. The van der Waals surface area contributed by atoms with Gasteiger partial charge in [-0.3, -0.25) is 37.2 Å². The second-order valence-electron chi connectivity index (χ2n) is 23.2. The zero-order chi connectivity index (χ0) is 66.6. The van der Waals surface area contributed by atoms with Crippen LogP contribution in [0.15, 0.2) is 119 Å². The molecule has 3 aromatic heterocycles. The number of carbonyl (C=O) groups excluding carboxylic acids is 2. The second kappa shape index (κ2) is 27.5. The van der Waals surface area contributed by atoms with Crippen molar-refractivity contribution in [3.63, 3.8) is 0 Å². The third kappa shape index (κ3) is 15.8. The molecule has 0 aliphatic carbocycles. The molecule has 7 N–H and O–H groups in total. The molecule has 0 saturated carbocycles. The van der Waals surface area contributed by atoms with Gasteiger partial charge in [0.1, 0.15) is 12.9 Å². The zero-order valence-electron chi connectivity index (χ0n) is 51.3. The maximum absolute atomic E-state index is 13.7. The average molecular weight is 1350 g/mol. The molecule has 29 nitrogen and oxygen atoms in total. The number of nitrogens with one attached hydrogen (secondary N) is 3. The van der Waals surface area contributed by atoms with E-state index in [1.54, 1.807) is 85.1 Å². The Kier molecular flexibility index (Phi) is 20.3. The lowest BCUT2D eigenvalue weighted by molar-refractivity contribution is -0.437. The summed E-state index contributed by atoms with van der Waals surface area (Å²) in [5, 5.41) is 26.2. The number of para-hydroxylation sites is 1. The molecule has 0 spiro atoms. The maximum atomic E-state index is 13.7. The fraction of sp³-hybridized carbons (Fsp3) is 0.407. The number of methoxy groups -OCH3 is 1. The number of ether oxygens (including phenoxy) is 1. The van der Waals surface area contributed by atoms with Crippen LogP contribution in [0.25, 0.3) is 11.4 Å². The van der Waals surface area contributed by atoms with Crippen LogP contribution in [0.4, 0.5) is 34.5 Å². The van der Waals surface area contributed by atoms with Crippen LogP contribution in [0, 0.1) is 0 Å². The van der Waals surface area contributed by atoms with Gasteiger partial charge in [-0.25, -0.2) is 4.98 Å². The van der Waals surface area contributed by atoms with Crippen LogP contribution in [-0.2, 0) is 63.1 Å². The molecule has 1 atom stereocenters. The van der Waals surface area contributed by atoms with Crippen molar-refractivity contribution in [1.82, 2.24) is 49.9 Å². The van der Waals surface area contributed by atoms with Gasteiger partial charge in [-0.05, 0) is 107 Å². The number of hydrogen-bond donors (Lipinski definition) is 7. The number of carbonyl (C=O) groups is 2. The maximum Gasteiger partial charge on any atom is 0.294 e. The molecule has 0 bridgehead atoms. The first-order valence-electron chi connectivity index (χ1n) is 29.4. The number of anilines is 5. The first-order valence-corrected chi connectivity index (χ1v) is 35.5. The van der Waals surface area contributed by atoms with Gasteiger partial charge in [0.2, 0.25) is 17.5 Å². The minimum absolute atomic E-state index is 0.00981. The van der Waals surface area contributed by atoms with Crippen molar-refractivity contribution in [2.75, 3.05) is 67.4 Å². The molecule has 1 unspecified atom stereocenters. The summed E-state index contributed by atoms with van der Waals surface area (Å²) in [6.45, 7) is 6.78. The van der Waals surface area contributed by atoms with Gasteiger partial charge in [0.05, 0.1) is 63.0 Å². The van der Waals surface area contributed by atoms with Crippen LogP contribution in [0.2, 0.25) is 0 Å². The van der Waals surface area contributed by atoms with E-state index in [-0.39, 0.29) is 71.6 Å². The molecule has 3 aliphatic heterocycles. The number of nitrogens with zero attached hydrogens (tertiary/aromatic N) is 11. The number of aromatic nitrogens is 8. The second-order valence-corrected chi connectivity index (χ2v) is 29.2.